The number of ether oxygens (including phenoxy) is 1. The molecule has 100 valence electrons. The zero-order chi connectivity index (χ0) is 13.3. The summed E-state index contributed by atoms with van der Waals surface area (Å²) >= 11 is 0. The maximum atomic E-state index is 11.6. The monoisotopic (exact) mass is 252 g/mol. The fraction of sp³-hybridized carbons (Fsp3) is 0.714. The lowest BCUT2D eigenvalue weighted by Crippen LogP contribution is -2.39. The van der Waals surface area contributed by atoms with Crippen molar-refractivity contribution >= 4 is 11.9 Å². The first-order valence-electron chi connectivity index (χ1n) is 6.68. The highest BCUT2D eigenvalue weighted by atomic mass is 16.6. The molecule has 1 fully saturated rings. The smallest absolute Gasteiger partial charge is 0.336 e. The molecule has 2 aliphatic rings. The molecule has 1 aliphatic heterocycles. The van der Waals surface area contributed by atoms with E-state index in [9.17, 15) is 14.7 Å². The maximum Gasteiger partial charge on any atom is 0.336 e. The number of hydrogen-bond acceptors (Lipinski definition) is 3. The molecule has 1 spiro atoms. The molecule has 1 heterocycles. The minimum atomic E-state index is -1.01. The molecule has 0 bridgehead atoms. The van der Waals surface area contributed by atoms with Gasteiger partial charge in [-0.25, -0.2) is 9.59 Å². The number of hydrogen-bond donors (Lipinski definition) is 1. The molecule has 18 heavy (non-hydrogen) atoms. The SMILES string of the molecule is CCCC1CCC2(CC1)OC(=O)C(C)=C2C(=O)O. The van der Waals surface area contributed by atoms with Gasteiger partial charge in [0, 0.05) is 5.57 Å². The molecule has 0 radical (unpaired) electrons. The van der Waals surface area contributed by atoms with Gasteiger partial charge >= 0.3 is 11.9 Å². The molecule has 1 saturated carbocycles. The number of carboxylic acids is 1. The molecule has 2 rings (SSSR count). The van der Waals surface area contributed by atoms with E-state index in [-0.39, 0.29) is 11.1 Å². The second-order valence-corrected chi connectivity index (χ2v) is 5.42. The molecule has 0 aromatic heterocycles. The first kappa shape index (κ1) is 13.1. The van der Waals surface area contributed by atoms with E-state index >= 15 is 0 Å². The average Bonchev–Trinajstić information content (AvgIpc) is 2.55. The van der Waals surface area contributed by atoms with Crippen LogP contribution in [0.4, 0.5) is 0 Å². The number of carboxylic acid groups (broad SMARTS) is 1. The summed E-state index contributed by atoms with van der Waals surface area (Å²) in [5, 5.41) is 9.30. The van der Waals surface area contributed by atoms with Crippen LogP contribution in [0, 0.1) is 5.92 Å². The van der Waals surface area contributed by atoms with Crippen LogP contribution in [-0.2, 0) is 14.3 Å². The predicted octanol–water partition coefficient (Wildman–Crippen LogP) is 2.67. The Bertz CT molecular complexity index is 400. The van der Waals surface area contributed by atoms with Crippen molar-refractivity contribution < 1.29 is 19.4 Å². The van der Waals surface area contributed by atoms with E-state index in [1.54, 1.807) is 6.92 Å². The van der Waals surface area contributed by atoms with Crippen molar-refractivity contribution in [2.75, 3.05) is 0 Å². The van der Waals surface area contributed by atoms with E-state index < -0.39 is 17.5 Å². The number of carbonyl (C=O) groups is 2. The van der Waals surface area contributed by atoms with Crippen LogP contribution in [0.5, 0.6) is 0 Å². The third-order valence-corrected chi connectivity index (χ3v) is 4.25. The van der Waals surface area contributed by atoms with E-state index in [2.05, 4.69) is 6.92 Å². The van der Waals surface area contributed by atoms with Gasteiger partial charge in [-0.1, -0.05) is 19.8 Å². The topological polar surface area (TPSA) is 63.6 Å². The second-order valence-electron chi connectivity index (χ2n) is 5.42. The normalized spacial score (nSPS) is 31.9. The molecule has 0 amide bonds. The van der Waals surface area contributed by atoms with Crippen LogP contribution in [-0.4, -0.2) is 22.6 Å². The molecule has 4 heteroatoms. The highest BCUT2D eigenvalue weighted by Crippen LogP contribution is 2.46. The first-order chi connectivity index (χ1) is 8.50. The third kappa shape index (κ3) is 2.04. The largest absolute Gasteiger partial charge is 0.478 e. The average molecular weight is 252 g/mol. The zero-order valence-corrected chi connectivity index (χ0v) is 11.0. The molecule has 0 saturated heterocycles. The van der Waals surface area contributed by atoms with Gasteiger partial charge in [0.15, 0.2) is 0 Å². The van der Waals surface area contributed by atoms with Gasteiger partial charge in [-0.15, -0.1) is 0 Å². The third-order valence-electron chi connectivity index (χ3n) is 4.25. The number of aliphatic carboxylic acids is 1. The minimum Gasteiger partial charge on any atom is -0.478 e. The van der Waals surface area contributed by atoms with Gasteiger partial charge in [0.2, 0.25) is 0 Å². The summed E-state index contributed by atoms with van der Waals surface area (Å²) in [6.07, 6.45) is 5.54. The minimum absolute atomic E-state index is 0.197. The predicted molar refractivity (Wildman–Crippen MR) is 66.0 cm³/mol. The van der Waals surface area contributed by atoms with Crippen LogP contribution >= 0.6 is 0 Å². The maximum absolute atomic E-state index is 11.6. The Labute approximate surface area is 107 Å². The van der Waals surface area contributed by atoms with Gasteiger partial charge in [-0.05, 0) is 38.5 Å². The fourth-order valence-electron chi connectivity index (χ4n) is 3.30. The van der Waals surface area contributed by atoms with E-state index in [1.807, 2.05) is 0 Å². The van der Waals surface area contributed by atoms with Crippen molar-refractivity contribution in [2.45, 2.75) is 58.0 Å². The molecule has 0 aromatic carbocycles. The quantitative estimate of drug-likeness (QED) is 0.784. The molecular formula is C14H20O4. The highest BCUT2D eigenvalue weighted by Gasteiger charge is 2.50. The fourth-order valence-corrected chi connectivity index (χ4v) is 3.30. The lowest BCUT2D eigenvalue weighted by Gasteiger charge is -2.36. The Morgan fingerprint density at radius 1 is 1.44 bits per heavy atom. The summed E-state index contributed by atoms with van der Waals surface area (Å²) in [5.41, 5.74) is -0.365. The Morgan fingerprint density at radius 3 is 2.56 bits per heavy atom. The standard InChI is InChI=1S/C14H20O4/c1-3-4-10-5-7-14(8-6-10)11(12(15)16)9(2)13(17)18-14/h10H,3-8H2,1-2H3,(H,15,16). The summed E-state index contributed by atoms with van der Waals surface area (Å²) in [7, 11) is 0. The summed E-state index contributed by atoms with van der Waals surface area (Å²) < 4.78 is 5.41. The van der Waals surface area contributed by atoms with E-state index in [0.29, 0.717) is 18.8 Å². The summed E-state index contributed by atoms with van der Waals surface area (Å²) in [4.78, 5) is 23.0. The first-order valence-corrected chi connectivity index (χ1v) is 6.68. The summed E-state index contributed by atoms with van der Waals surface area (Å²) in [6, 6.07) is 0. The van der Waals surface area contributed by atoms with Crippen LogP contribution in [0.2, 0.25) is 0 Å². The molecular weight excluding hydrogens is 232 g/mol. The Morgan fingerprint density at radius 2 is 2.06 bits per heavy atom. The van der Waals surface area contributed by atoms with Gasteiger partial charge < -0.3 is 9.84 Å². The zero-order valence-electron chi connectivity index (χ0n) is 11.0. The van der Waals surface area contributed by atoms with Crippen LogP contribution in [0.3, 0.4) is 0 Å². The lowest BCUT2D eigenvalue weighted by atomic mass is 9.73. The van der Waals surface area contributed by atoms with E-state index in [1.165, 1.54) is 6.42 Å². The molecule has 1 N–H and O–H groups in total. The lowest BCUT2D eigenvalue weighted by molar-refractivity contribution is -0.151. The Balaban J connectivity index is 2.19. The second kappa shape index (κ2) is 4.75. The Hall–Kier alpha value is -1.32. The van der Waals surface area contributed by atoms with Gasteiger partial charge in [0.1, 0.15) is 5.60 Å². The van der Waals surface area contributed by atoms with Gasteiger partial charge in [0.05, 0.1) is 5.57 Å². The van der Waals surface area contributed by atoms with Crippen molar-refractivity contribution in [1.29, 1.82) is 0 Å². The molecule has 0 atom stereocenters. The van der Waals surface area contributed by atoms with Gasteiger partial charge in [0.25, 0.3) is 0 Å². The van der Waals surface area contributed by atoms with E-state index in [0.717, 1.165) is 19.3 Å². The number of esters is 1. The highest BCUT2D eigenvalue weighted by molar-refractivity contribution is 6.04. The molecule has 0 aromatic rings. The summed E-state index contributed by atoms with van der Waals surface area (Å²) in [5.74, 6) is -0.816. The van der Waals surface area contributed by atoms with E-state index in [4.69, 9.17) is 4.74 Å². The van der Waals surface area contributed by atoms with Gasteiger partial charge in [-0.2, -0.15) is 0 Å². The van der Waals surface area contributed by atoms with Crippen molar-refractivity contribution in [3.05, 3.63) is 11.1 Å². The summed E-state index contributed by atoms with van der Waals surface area (Å²) in [6.45, 7) is 3.71. The number of carbonyl (C=O) groups excluding carboxylic acids is 1. The van der Waals surface area contributed by atoms with Crippen molar-refractivity contribution in [1.82, 2.24) is 0 Å². The molecule has 0 unspecified atom stereocenters. The van der Waals surface area contributed by atoms with Crippen molar-refractivity contribution in [2.24, 2.45) is 5.92 Å². The molecule has 4 nitrogen and oxygen atoms in total. The van der Waals surface area contributed by atoms with Crippen LogP contribution in [0.1, 0.15) is 52.4 Å². The van der Waals surface area contributed by atoms with Crippen LogP contribution in [0.15, 0.2) is 11.1 Å². The van der Waals surface area contributed by atoms with Crippen LogP contribution < -0.4 is 0 Å². The van der Waals surface area contributed by atoms with Crippen molar-refractivity contribution in [3.63, 3.8) is 0 Å². The molecule has 1 aliphatic carbocycles. The Kier molecular flexibility index (Phi) is 3.46. The van der Waals surface area contributed by atoms with Gasteiger partial charge in [-0.3, -0.25) is 0 Å². The van der Waals surface area contributed by atoms with Crippen molar-refractivity contribution in [3.8, 4) is 0 Å². The number of rotatable bonds is 3. The van der Waals surface area contributed by atoms with Crippen LogP contribution in [0.25, 0.3) is 0 Å².